The lowest BCUT2D eigenvalue weighted by Crippen LogP contribution is -2.32. The highest BCUT2D eigenvalue weighted by Gasteiger charge is 2.27. The number of hydroxylamine groups is 2. The lowest BCUT2D eigenvalue weighted by molar-refractivity contribution is -0.0756. The van der Waals surface area contributed by atoms with Crippen molar-refractivity contribution in [3.05, 3.63) is 47.8 Å². The maximum atomic E-state index is 12.9. The molecule has 1 fully saturated rings. The number of pyridine rings is 1. The summed E-state index contributed by atoms with van der Waals surface area (Å²) in [6, 6.07) is 7.73. The lowest BCUT2D eigenvalue weighted by Gasteiger charge is -2.39. The molecule has 3 N–H and O–H groups in total. The van der Waals surface area contributed by atoms with Crippen LogP contribution in [0.15, 0.2) is 36.7 Å². The first-order valence-electron chi connectivity index (χ1n) is 10.6. The van der Waals surface area contributed by atoms with Gasteiger partial charge in [-0.2, -0.15) is 15.7 Å². The van der Waals surface area contributed by atoms with Gasteiger partial charge >= 0.3 is 0 Å². The maximum Gasteiger partial charge on any atom is 0.280 e. The van der Waals surface area contributed by atoms with E-state index in [1.165, 1.54) is 13.3 Å². The number of benzene rings is 1. The van der Waals surface area contributed by atoms with Crippen molar-refractivity contribution < 1.29 is 23.5 Å². The van der Waals surface area contributed by atoms with Gasteiger partial charge in [-0.3, -0.25) is 18.7 Å². The second-order valence-electron chi connectivity index (χ2n) is 8.05. The van der Waals surface area contributed by atoms with Crippen molar-refractivity contribution in [1.29, 1.82) is 0 Å². The van der Waals surface area contributed by atoms with Crippen molar-refractivity contribution in [2.75, 3.05) is 38.1 Å². The average molecular weight is 476 g/mol. The minimum Gasteiger partial charge on any atom is -0.497 e. The molecule has 0 radical (unpaired) electrons. The predicted molar refractivity (Wildman–Crippen MR) is 128 cm³/mol. The molecule has 0 atom stereocenters. The number of rotatable bonds is 7. The number of fused-ring (bicyclic) bond motifs is 1. The zero-order valence-electron chi connectivity index (χ0n) is 18.9. The summed E-state index contributed by atoms with van der Waals surface area (Å²) in [7, 11) is 2.09. The fourth-order valence-electron chi connectivity index (χ4n) is 3.87. The highest BCUT2D eigenvalue weighted by Crippen LogP contribution is 2.44. The minimum atomic E-state index is -2.50. The molecule has 1 saturated heterocycles. The molecule has 4 rings (SSSR count). The molecule has 0 bridgehead atoms. The van der Waals surface area contributed by atoms with Gasteiger partial charge in [-0.25, -0.2) is 14.7 Å². The van der Waals surface area contributed by atoms with Crippen LogP contribution in [0.1, 0.15) is 28.8 Å². The Bertz CT molecular complexity index is 1120. The number of anilines is 1. The molecule has 178 valence electrons. The quantitative estimate of drug-likeness (QED) is 0.444. The number of hydrogen-bond donors (Lipinski definition) is 3. The van der Waals surface area contributed by atoms with E-state index in [0.29, 0.717) is 47.8 Å². The van der Waals surface area contributed by atoms with E-state index in [9.17, 15) is 13.9 Å². The predicted octanol–water partition coefficient (Wildman–Crippen LogP) is 3.45. The summed E-state index contributed by atoms with van der Waals surface area (Å²) in [6.45, 7) is 0.509. The molecule has 1 aliphatic heterocycles. The van der Waals surface area contributed by atoms with Crippen molar-refractivity contribution >= 4 is 33.2 Å². The van der Waals surface area contributed by atoms with Gasteiger partial charge in [0.25, 0.3) is 5.91 Å². The number of carbonyl (C=O) groups is 1. The summed E-state index contributed by atoms with van der Waals surface area (Å²) < 4.78 is 26.9. The topological polar surface area (TPSA) is 122 Å². The van der Waals surface area contributed by atoms with Crippen LogP contribution in [0.5, 0.6) is 5.75 Å². The average Bonchev–Trinajstić information content (AvgIpc) is 3.23. The monoisotopic (exact) mass is 475 g/mol. The van der Waals surface area contributed by atoms with Crippen LogP contribution < -0.4 is 10.1 Å². The highest BCUT2D eigenvalue weighted by atomic mass is 32.3. The van der Waals surface area contributed by atoms with Crippen LogP contribution in [-0.2, 0) is 11.4 Å². The molecule has 10 nitrogen and oxygen atoms in total. The van der Waals surface area contributed by atoms with Crippen molar-refractivity contribution in [1.82, 2.24) is 19.8 Å². The molecule has 33 heavy (non-hydrogen) atoms. The van der Waals surface area contributed by atoms with Gasteiger partial charge in [-0.1, -0.05) is 12.1 Å². The van der Waals surface area contributed by atoms with Gasteiger partial charge in [0.1, 0.15) is 5.75 Å². The molecule has 1 amide bonds. The van der Waals surface area contributed by atoms with E-state index in [1.807, 2.05) is 24.3 Å². The summed E-state index contributed by atoms with van der Waals surface area (Å²) >= 11 is 0. The zero-order chi connectivity index (χ0) is 23.6. The van der Waals surface area contributed by atoms with Gasteiger partial charge < -0.3 is 10.1 Å². The van der Waals surface area contributed by atoms with E-state index in [-0.39, 0.29) is 11.9 Å². The van der Waals surface area contributed by atoms with Crippen molar-refractivity contribution in [2.45, 2.75) is 25.4 Å². The molecule has 1 aromatic carbocycles. The number of ether oxygens (including phenoxy) is 1. The fourth-order valence-corrected chi connectivity index (χ4v) is 5.40. The zero-order valence-corrected chi connectivity index (χ0v) is 19.7. The molecular weight excluding hydrogens is 446 g/mol. The van der Waals surface area contributed by atoms with E-state index in [2.05, 4.69) is 15.4 Å². The second-order valence-corrected chi connectivity index (χ2v) is 10.5. The van der Waals surface area contributed by atoms with Gasteiger partial charge in [0.2, 0.25) is 0 Å². The molecular formula is C22H29N5O5S. The number of hydrogen-bond acceptors (Lipinski definition) is 8. The Kier molecular flexibility index (Phi) is 6.75. The molecule has 1 aliphatic rings. The Morgan fingerprint density at radius 1 is 1.21 bits per heavy atom. The van der Waals surface area contributed by atoms with Crippen LogP contribution in [0.3, 0.4) is 0 Å². The van der Waals surface area contributed by atoms with Crippen molar-refractivity contribution in [2.24, 2.45) is 0 Å². The second kappa shape index (κ2) is 9.56. The highest BCUT2D eigenvalue weighted by molar-refractivity contribution is 8.24. The summed E-state index contributed by atoms with van der Waals surface area (Å²) in [5.41, 5.74) is 2.67. The fraction of sp³-hybridized carbons (Fsp3) is 0.409. The lowest BCUT2D eigenvalue weighted by atomic mass is 10.1. The number of aromatic nitrogens is 3. The third-order valence-corrected chi connectivity index (χ3v) is 7.66. The third kappa shape index (κ3) is 5.06. The minimum absolute atomic E-state index is 0.000126. The molecule has 11 heteroatoms. The summed E-state index contributed by atoms with van der Waals surface area (Å²) in [4.78, 5) is 22.6. The van der Waals surface area contributed by atoms with Gasteiger partial charge in [0.05, 0.1) is 43.6 Å². The molecule has 0 aliphatic carbocycles. The smallest absolute Gasteiger partial charge is 0.280 e. The summed E-state index contributed by atoms with van der Waals surface area (Å²) in [5.74, 6) is 1.13. The van der Waals surface area contributed by atoms with E-state index in [4.69, 9.17) is 9.57 Å². The summed E-state index contributed by atoms with van der Waals surface area (Å²) in [5, 5.41) is 9.85. The Balaban J connectivity index is 1.69. The van der Waals surface area contributed by atoms with Gasteiger partial charge in [0, 0.05) is 30.8 Å². The number of nitrogens with one attached hydrogen (secondary N) is 1. The van der Waals surface area contributed by atoms with Crippen molar-refractivity contribution in [3.8, 4) is 5.75 Å². The van der Waals surface area contributed by atoms with Crippen molar-refractivity contribution in [3.63, 3.8) is 0 Å². The number of nitrogens with zero attached hydrogens (tertiary/aromatic N) is 4. The van der Waals surface area contributed by atoms with Gasteiger partial charge in [-0.15, -0.1) is 0 Å². The normalized spacial score (nSPS) is 17.0. The Hall–Kier alpha value is -2.86. The first-order valence-corrected chi connectivity index (χ1v) is 12.5. The Morgan fingerprint density at radius 2 is 1.91 bits per heavy atom. The maximum absolute atomic E-state index is 12.9. The van der Waals surface area contributed by atoms with E-state index < -0.39 is 10.6 Å². The number of carbonyl (C=O) groups excluding carboxylic acids is 1. The number of amides is 1. The Labute approximate surface area is 193 Å². The van der Waals surface area contributed by atoms with Crippen LogP contribution >= 0.6 is 10.6 Å². The standard InChI is InChI=1S/C22H29N5O5S/c1-26(32-3)22(28)19-12-23-21-18(20(19)25-16-8-10-33(29,30)11-9-16)13-24-27(21)14-15-4-6-17(31-2)7-5-15/h4-7,12-13,16,29-30H,8-11,14H2,1-3H3,(H,23,25). The first-order chi connectivity index (χ1) is 15.8. The van der Waals surface area contributed by atoms with Crippen LogP contribution in [0.4, 0.5) is 5.69 Å². The molecule has 3 heterocycles. The molecule has 0 unspecified atom stereocenters. The largest absolute Gasteiger partial charge is 0.497 e. The van der Waals surface area contributed by atoms with Gasteiger partial charge in [0.15, 0.2) is 5.65 Å². The molecule has 2 aromatic heterocycles. The molecule has 0 spiro atoms. The van der Waals surface area contributed by atoms with Crippen LogP contribution in [0.2, 0.25) is 0 Å². The van der Waals surface area contributed by atoms with Crippen LogP contribution in [-0.4, -0.2) is 73.7 Å². The van der Waals surface area contributed by atoms with Gasteiger partial charge in [-0.05, 0) is 30.5 Å². The third-order valence-electron chi connectivity index (χ3n) is 5.88. The molecule has 3 aromatic rings. The van der Waals surface area contributed by atoms with E-state index in [0.717, 1.165) is 21.8 Å². The molecule has 0 saturated carbocycles. The van der Waals surface area contributed by atoms with E-state index >= 15 is 0 Å². The SMILES string of the molecule is COc1ccc(Cn2ncc3c(NC4CCS(O)(O)CC4)c(C(=O)N(C)OC)cnc32)cc1. The first kappa shape index (κ1) is 23.3. The van der Waals surface area contributed by atoms with Crippen LogP contribution in [0, 0.1) is 0 Å². The van der Waals surface area contributed by atoms with E-state index in [1.54, 1.807) is 25.0 Å². The Morgan fingerprint density at radius 3 is 2.55 bits per heavy atom. The number of methoxy groups -OCH3 is 1. The summed E-state index contributed by atoms with van der Waals surface area (Å²) in [6.07, 6.45) is 4.43. The van der Waals surface area contributed by atoms with Crippen LogP contribution in [0.25, 0.3) is 11.0 Å².